The largest absolute Gasteiger partial charge is 0.283 e. The predicted octanol–water partition coefficient (Wildman–Crippen LogP) is 2.01. The Morgan fingerprint density at radius 1 is 1.46 bits per heavy atom. The molecule has 0 radical (unpaired) electrons. The summed E-state index contributed by atoms with van der Waals surface area (Å²) in [6, 6.07) is 3.69. The molecule has 0 aromatic heterocycles. The monoisotopic (exact) mass is 261 g/mol. The summed E-state index contributed by atoms with van der Waals surface area (Å²) in [5.74, 6) is 0.0845. The smallest absolute Gasteiger partial charge is 0.237 e. The molecule has 0 fully saturated rings. The lowest BCUT2D eigenvalue weighted by Gasteiger charge is -2.01. The molecule has 5 heteroatoms. The zero-order valence-electron chi connectivity index (χ0n) is 6.96. The van der Waals surface area contributed by atoms with Crippen molar-refractivity contribution in [3.05, 3.63) is 27.7 Å². The molecular weight excluding hydrogens is 254 g/mol. The highest BCUT2D eigenvalue weighted by Gasteiger charge is 2.23. The minimum Gasteiger partial charge on any atom is -0.283 e. The second-order valence-electron chi connectivity index (χ2n) is 3.12. The summed E-state index contributed by atoms with van der Waals surface area (Å²) in [4.78, 5) is 0. The molecule has 3 nitrogen and oxygen atoms in total. The third kappa shape index (κ3) is 1.58. The Labute approximate surface area is 85.3 Å². The molecule has 1 N–H and O–H groups in total. The van der Waals surface area contributed by atoms with Gasteiger partial charge in [-0.1, -0.05) is 15.9 Å². The van der Waals surface area contributed by atoms with Crippen molar-refractivity contribution in [3.8, 4) is 0 Å². The van der Waals surface area contributed by atoms with E-state index in [1.54, 1.807) is 0 Å². The van der Waals surface area contributed by atoms with Crippen LogP contribution in [0.5, 0.6) is 0 Å². The van der Waals surface area contributed by atoms with E-state index < -0.39 is 10.0 Å². The van der Waals surface area contributed by atoms with Crippen LogP contribution in [-0.4, -0.2) is 8.42 Å². The van der Waals surface area contributed by atoms with Crippen LogP contribution in [0.3, 0.4) is 0 Å². The van der Waals surface area contributed by atoms with E-state index in [9.17, 15) is 8.42 Å². The highest BCUT2D eigenvalue weighted by atomic mass is 79.9. The maximum absolute atomic E-state index is 11.2. The number of nitrogens with one attached hydrogen (secondary N) is 1. The van der Waals surface area contributed by atoms with Crippen LogP contribution in [0, 0.1) is 6.92 Å². The van der Waals surface area contributed by atoms with Crippen LogP contribution in [0.1, 0.15) is 11.1 Å². The first-order valence-corrected chi connectivity index (χ1v) is 6.22. The van der Waals surface area contributed by atoms with Crippen molar-refractivity contribution in [2.45, 2.75) is 12.7 Å². The minimum atomic E-state index is -3.11. The van der Waals surface area contributed by atoms with E-state index in [1.807, 2.05) is 19.1 Å². The molecule has 0 atom stereocenters. The van der Waals surface area contributed by atoms with Gasteiger partial charge in [0.25, 0.3) is 0 Å². The van der Waals surface area contributed by atoms with Gasteiger partial charge in [0.2, 0.25) is 10.0 Å². The maximum Gasteiger partial charge on any atom is 0.237 e. The normalized spacial score (nSPS) is 18.0. The molecule has 1 heterocycles. The first-order chi connectivity index (χ1) is 5.98. The fraction of sp³-hybridized carbons (Fsp3) is 0.250. The first kappa shape index (κ1) is 9.02. The zero-order valence-corrected chi connectivity index (χ0v) is 9.37. The summed E-state index contributed by atoms with van der Waals surface area (Å²) in [6.07, 6.45) is 0. The molecule has 0 aliphatic carbocycles. The summed E-state index contributed by atoms with van der Waals surface area (Å²) in [5, 5.41) is 0. The third-order valence-electron chi connectivity index (χ3n) is 2.00. The van der Waals surface area contributed by atoms with Crippen LogP contribution in [0.25, 0.3) is 0 Å². The minimum absolute atomic E-state index is 0.0845. The molecule has 0 bridgehead atoms. The van der Waals surface area contributed by atoms with Crippen LogP contribution in [0.2, 0.25) is 0 Å². The summed E-state index contributed by atoms with van der Waals surface area (Å²) in [6.45, 7) is 1.93. The fourth-order valence-electron chi connectivity index (χ4n) is 1.35. The number of fused-ring (bicyclic) bond motifs is 1. The number of rotatable bonds is 0. The Bertz CT molecular complexity index is 430. The quantitative estimate of drug-likeness (QED) is 0.777. The second kappa shape index (κ2) is 2.72. The van der Waals surface area contributed by atoms with Crippen molar-refractivity contribution in [2.75, 3.05) is 4.72 Å². The topological polar surface area (TPSA) is 46.2 Å². The molecule has 0 spiro atoms. The van der Waals surface area contributed by atoms with Crippen LogP contribution in [-0.2, 0) is 15.8 Å². The summed E-state index contributed by atoms with van der Waals surface area (Å²) >= 11 is 3.36. The van der Waals surface area contributed by atoms with Crippen molar-refractivity contribution in [1.29, 1.82) is 0 Å². The molecule has 1 aliphatic rings. The summed E-state index contributed by atoms with van der Waals surface area (Å²) < 4.78 is 25.8. The Balaban J connectivity index is 2.60. The average Bonchev–Trinajstić information content (AvgIpc) is 2.24. The van der Waals surface area contributed by atoms with Gasteiger partial charge in [0, 0.05) is 4.47 Å². The highest BCUT2D eigenvalue weighted by Crippen LogP contribution is 2.31. The lowest BCUT2D eigenvalue weighted by Crippen LogP contribution is -2.05. The van der Waals surface area contributed by atoms with Gasteiger partial charge < -0.3 is 0 Å². The van der Waals surface area contributed by atoms with Gasteiger partial charge in [-0.25, -0.2) is 8.42 Å². The fourth-order valence-corrected chi connectivity index (χ4v) is 2.98. The molecule has 70 valence electrons. The van der Waals surface area contributed by atoms with E-state index in [1.165, 1.54) is 0 Å². The average molecular weight is 262 g/mol. The molecular formula is C8H8BrNO2S. The van der Waals surface area contributed by atoms with Gasteiger partial charge in [-0.05, 0) is 30.2 Å². The van der Waals surface area contributed by atoms with Crippen LogP contribution in [0.15, 0.2) is 16.6 Å². The Morgan fingerprint density at radius 3 is 2.85 bits per heavy atom. The van der Waals surface area contributed by atoms with Crippen molar-refractivity contribution in [1.82, 2.24) is 0 Å². The van der Waals surface area contributed by atoms with E-state index in [2.05, 4.69) is 20.7 Å². The van der Waals surface area contributed by atoms with Gasteiger partial charge in [0.15, 0.2) is 0 Å². The van der Waals surface area contributed by atoms with Gasteiger partial charge in [0.1, 0.15) is 0 Å². The lowest BCUT2D eigenvalue weighted by molar-refractivity contribution is 0.602. The van der Waals surface area contributed by atoms with Gasteiger partial charge >= 0.3 is 0 Å². The molecule has 2 rings (SSSR count). The highest BCUT2D eigenvalue weighted by molar-refractivity contribution is 9.10. The van der Waals surface area contributed by atoms with Crippen molar-refractivity contribution >= 4 is 31.6 Å². The van der Waals surface area contributed by atoms with Gasteiger partial charge in [-0.15, -0.1) is 0 Å². The van der Waals surface area contributed by atoms with Crippen LogP contribution < -0.4 is 4.72 Å². The van der Waals surface area contributed by atoms with E-state index in [0.29, 0.717) is 5.69 Å². The number of benzene rings is 1. The molecule has 0 saturated carbocycles. The molecule has 0 unspecified atom stereocenters. The number of aryl methyl sites for hydroxylation is 1. The van der Waals surface area contributed by atoms with Gasteiger partial charge in [0.05, 0.1) is 11.4 Å². The summed E-state index contributed by atoms with van der Waals surface area (Å²) in [7, 11) is -3.11. The van der Waals surface area contributed by atoms with Crippen molar-refractivity contribution < 1.29 is 8.42 Å². The second-order valence-corrected chi connectivity index (χ2v) is 5.70. The van der Waals surface area contributed by atoms with Crippen molar-refractivity contribution in [3.63, 3.8) is 0 Å². The first-order valence-electron chi connectivity index (χ1n) is 3.77. The lowest BCUT2D eigenvalue weighted by atomic mass is 10.1. The van der Waals surface area contributed by atoms with Gasteiger partial charge in [-0.2, -0.15) is 0 Å². The standard InChI is InChI=1S/C8H8BrNO2S/c1-5-2-8-6(3-7(5)9)4-13(11,12)10-8/h2-3,10H,4H2,1H3. The van der Waals surface area contributed by atoms with Crippen LogP contribution in [0.4, 0.5) is 5.69 Å². The third-order valence-corrected chi connectivity index (χ3v) is 4.07. The maximum atomic E-state index is 11.2. The number of sulfonamides is 1. The Morgan fingerprint density at radius 2 is 2.15 bits per heavy atom. The molecule has 1 aromatic rings. The molecule has 0 amide bonds. The van der Waals surface area contributed by atoms with Crippen LogP contribution >= 0.6 is 15.9 Å². The number of anilines is 1. The Kier molecular flexibility index (Phi) is 1.89. The summed E-state index contributed by atoms with van der Waals surface area (Å²) in [5.41, 5.74) is 2.57. The molecule has 0 saturated heterocycles. The Hall–Kier alpha value is -0.550. The van der Waals surface area contributed by atoms with E-state index >= 15 is 0 Å². The van der Waals surface area contributed by atoms with E-state index in [0.717, 1.165) is 15.6 Å². The van der Waals surface area contributed by atoms with Crippen molar-refractivity contribution in [2.24, 2.45) is 0 Å². The molecule has 1 aromatic carbocycles. The predicted molar refractivity (Wildman–Crippen MR) is 55.1 cm³/mol. The SMILES string of the molecule is Cc1cc2c(cc1Br)CS(=O)(=O)N2. The molecule has 13 heavy (non-hydrogen) atoms. The zero-order chi connectivity index (χ0) is 9.64. The van der Waals surface area contributed by atoms with E-state index in [4.69, 9.17) is 0 Å². The van der Waals surface area contributed by atoms with Gasteiger partial charge in [-0.3, -0.25) is 4.72 Å². The number of hydrogen-bond acceptors (Lipinski definition) is 2. The molecule has 1 aliphatic heterocycles. The van der Waals surface area contributed by atoms with E-state index in [-0.39, 0.29) is 5.75 Å². The number of halogens is 1. The number of hydrogen-bond donors (Lipinski definition) is 1.